The van der Waals surface area contributed by atoms with E-state index in [1.54, 1.807) is 6.08 Å². The molecule has 1 aromatic rings. The number of aldehydes is 1. The third-order valence-electron chi connectivity index (χ3n) is 1.83. The van der Waals surface area contributed by atoms with E-state index in [0.29, 0.717) is 0 Å². The molecule has 0 saturated heterocycles. The summed E-state index contributed by atoms with van der Waals surface area (Å²) in [7, 11) is 0. The van der Waals surface area contributed by atoms with E-state index in [1.807, 2.05) is 19.2 Å². The smallest absolute Gasteiger partial charge is 0.142 e. The molecule has 0 aromatic carbocycles. The Morgan fingerprint density at radius 2 is 2.31 bits per heavy atom. The molecule has 0 aliphatic heterocycles. The summed E-state index contributed by atoms with van der Waals surface area (Å²) in [6.07, 6.45) is 6.80. The van der Waals surface area contributed by atoms with Crippen LogP contribution in [-0.2, 0) is 11.2 Å². The third-order valence-corrected chi connectivity index (χ3v) is 1.83. The fourth-order valence-corrected chi connectivity index (χ4v) is 1.20. The van der Waals surface area contributed by atoms with Crippen LogP contribution < -0.4 is 0 Å². The van der Waals surface area contributed by atoms with Gasteiger partial charge in [0, 0.05) is 11.9 Å². The average Bonchev–Trinajstić information content (AvgIpc) is 2.15. The summed E-state index contributed by atoms with van der Waals surface area (Å²) in [4.78, 5) is 14.4. The zero-order valence-electron chi connectivity index (χ0n) is 7.95. The van der Waals surface area contributed by atoms with Gasteiger partial charge in [0.1, 0.15) is 6.29 Å². The van der Waals surface area contributed by atoms with Crippen molar-refractivity contribution in [3.05, 3.63) is 35.2 Å². The third kappa shape index (κ3) is 2.51. The number of rotatable bonds is 3. The zero-order valence-corrected chi connectivity index (χ0v) is 7.95. The van der Waals surface area contributed by atoms with Crippen LogP contribution in [0.5, 0.6) is 0 Å². The predicted octanol–water partition coefficient (Wildman–Crippen LogP) is 2.16. The van der Waals surface area contributed by atoms with E-state index in [0.717, 1.165) is 29.5 Å². The van der Waals surface area contributed by atoms with Crippen LogP contribution in [0.15, 0.2) is 18.3 Å². The quantitative estimate of drug-likeness (QED) is 0.520. The lowest BCUT2D eigenvalue weighted by molar-refractivity contribution is -0.104. The van der Waals surface area contributed by atoms with Crippen molar-refractivity contribution < 1.29 is 4.79 Å². The van der Waals surface area contributed by atoms with E-state index in [-0.39, 0.29) is 0 Å². The van der Waals surface area contributed by atoms with Gasteiger partial charge in [0.25, 0.3) is 0 Å². The lowest BCUT2D eigenvalue weighted by Crippen LogP contribution is -1.92. The van der Waals surface area contributed by atoms with Crippen LogP contribution in [0.1, 0.15) is 23.7 Å². The Labute approximate surface area is 78.3 Å². The van der Waals surface area contributed by atoms with Gasteiger partial charge < -0.3 is 0 Å². The minimum atomic E-state index is 0.780. The molecular formula is C11H13NO. The lowest BCUT2D eigenvalue weighted by Gasteiger charge is -2.02. The van der Waals surface area contributed by atoms with E-state index in [1.165, 1.54) is 6.08 Å². The highest BCUT2D eigenvalue weighted by Crippen LogP contribution is 2.10. The monoisotopic (exact) mass is 175 g/mol. The van der Waals surface area contributed by atoms with Gasteiger partial charge in [0.05, 0.1) is 0 Å². The second-order valence-corrected chi connectivity index (χ2v) is 2.90. The highest BCUT2D eigenvalue weighted by molar-refractivity contribution is 5.74. The first-order valence-corrected chi connectivity index (χ1v) is 4.35. The first-order chi connectivity index (χ1) is 6.27. The molecule has 0 unspecified atom stereocenters. The summed E-state index contributed by atoms with van der Waals surface area (Å²) in [6, 6.07) is 2.03. The topological polar surface area (TPSA) is 30.0 Å². The maximum Gasteiger partial charge on any atom is 0.142 e. The minimum Gasteiger partial charge on any atom is -0.299 e. The Morgan fingerprint density at radius 3 is 2.92 bits per heavy atom. The molecule has 1 rings (SSSR count). The molecule has 13 heavy (non-hydrogen) atoms. The summed E-state index contributed by atoms with van der Waals surface area (Å²) in [5.74, 6) is 0. The highest BCUT2D eigenvalue weighted by Gasteiger charge is 1.98. The summed E-state index contributed by atoms with van der Waals surface area (Å²) < 4.78 is 0. The van der Waals surface area contributed by atoms with Crippen molar-refractivity contribution in [3.8, 4) is 0 Å². The van der Waals surface area contributed by atoms with Gasteiger partial charge in [0.15, 0.2) is 0 Å². The van der Waals surface area contributed by atoms with Crippen molar-refractivity contribution in [2.45, 2.75) is 20.3 Å². The SMILES string of the molecule is CCc1ncc(C)cc1C=CC=O. The number of carbonyl (C=O) groups is 1. The molecule has 2 heteroatoms. The molecule has 0 fully saturated rings. The molecule has 0 aliphatic rings. The van der Waals surface area contributed by atoms with E-state index >= 15 is 0 Å². The number of hydrogen-bond donors (Lipinski definition) is 0. The van der Waals surface area contributed by atoms with Gasteiger partial charge in [-0.05, 0) is 42.7 Å². The molecule has 0 spiro atoms. The van der Waals surface area contributed by atoms with Crippen molar-refractivity contribution in [2.75, 3.05) is 0 Å². The van der Waals surface area contributed by atoms with Crippen LogP contribution in [0.25, 0.3) is 6.08 Å². The van der Waals surface area contributed by atoms with Crippen LogP contribution in [-0.4, -0.2) is 11.3 Å². The van der Waals surface area contributed by atoms with Gasteiger partial charge in [-0.2, -0.15) is 0 Å². The number of carbonyl (C=O) groups excluding carboxylic acids is 1. The Kier molecular flexibility index (Phi) is 3.38. The maximum absolute atomic E-state index is 10.2. The maximum atomic E-state index is 10.2. The van der Waals surface area contributed by atoms with Crippen LogP contribution in [0, 0.1) is 6.92 Å². The van der Waals surface area contributed by atoms with Crippen molar-refractivity contribution >= 4 is 12.4 Å². The molecule has 0 atom stereocenters. The van der Waals surface area contributed by atoms with Gasteiger partial charge in [-0.25, -0.2) is 0 Å². The van der Waals surface area contributed by atoms with Crippen molar-refractivity contribution in [1.82, 2.24) is 4.98 Å². The molecule has 0 radical (unpaired) electrons. The van der Waals surface area contributed by atoms with Crippen molar-refractivity contribution in [1.29, 1.82) is 0 Å². The summed E-state index contributed by atoms with van der Waals surface area (Å²) in [5.41, 5.74) is 3.18. The Hall–Kier alpha value is -1.44. The summed E-state index contributed by atoms with van der Waals surface area (Å²) >= 11 is 0. The van der Waals surface area contributed by atoms with E-state index in [4.69, 9.17) is 0 Å². The molecule has 0 aliphatic carbocycles. The van der Waals surface area contributed by atoms with Gasteiger partial charge in [0.2, 0.25) is 0 Å². The first-order valence-electron chi connectivity index (χ1n) is 4.35. The van der Waals surface area contributed by atoms with Crippen molar-refractivity contribution in [2.24, 2.45) is 0 Å². The molecule has 0 saturated carbocycles. The fourth-order valence-electron chi connectivity index (χ4n) is 1.20. The predicted molar refractivity (Wildman–Crippen MR) is 53.5 cm³/mol. The second kappa shape index (κ2) is 4.55. The van der Waals surface area contributed by atoms with E-state index < -0.39 is 0 Å². The largest absolute Gasteiger partial charge is 0.299 e. The molecule has 0 bridgehead atoms. The minimum absolute atomic E-state index is 0.780. The highest BCUT2D eigenvalue weighted by atomic mass is 16.1. The van der Waals surface area contributed by atoms with E-state index in [2.05, 4.69) is 11.9 Å². The first kappa shape index (κ1) is 9.65. The van der Waals surface area contributed by atoms with Crippen LogP contribution in [0.2, 0.25) is 0 Å². The van der Waals surface area contributed by atoms with E-state index in [9.17, 15) is 4.79 Å². The fraction of sp³-hybridized carbons (Fsp3) is 0.273. The lowest BCUT2D eigenvalue weighted by atomic mass is 10.1. The Bertz CT molecular complexity index is 329. The summed E-state index contributed by atoms with van der Waals surface area (Å²) in [5, 5.41) is 0. The molecule has 68 valence electrons. The van der Waals surface area contributed by atoms with Gasteiger partial charge in [-0.1, -0.05) is 6.92 Å². The normalized spacial score (nSPS) is 10.6. The number of allylic oxidation sites excluding steroid dienone is 1. The number of aromatic nitrogens is 1. The van der Waals surface area contributed by atoms with Gasteiger partial charge in [-0.15, -0.1) is 0 Å². The summed E-state index contributed by atoms with van der Waals surface area (Å²) in [6.45, 7) is 4.04. The van der Waals surface area contributed by atoms with Gasteiger partial charge in [-0.3, -0.25) is 9.78 Å². The molecule has 1 aromatic heterocycles. The van der Waals surface area contributed by atoms with Crippen LogP contribution >= 0.6 is 0 Å². The number of pyridine rings is 1. The number of hydrogen-bond acceptors (Lipinski definition) is 2. The van der Waals surface area contributed by atoms with Crippen LogP contribution in [0.3, 0.4) is 0 Å². The number of aryl methyl sites for hydroxylation is 2. The molecule has 1 heterocycles. The number of nitrogens with zero attached hydrogens (tertiary/aromatic N) is 1. The standard InChI is InChI=1S/C11H13NO/c1-3-11-10(5-4-6-13)7-9(2)8-12-11/h4-8H,3H2,1-2H3. The van der Waals surface area contributed by atoms with Crippen molar-refractivity contribution in [3.63, 3.8) is 0 Å². The zero-order chi connectivity index (χ0) is 9.68. The molecule has 0 N–H and O–H groups in total. The average molecular weight is 175 g/mol. The Balaban J connectivity index is 3.07. The molecular weight excluding hydrogens is 162 g/mol. The Morgan fingerprint density at radius 1 is 1.54 bits per heavy atom. The molecule has 0 amide bonds. The van der Waals surface area contributed by atoms with Gasteiger partial charge >= 0.3 is 0 Å². The second-order valence-electron chi connectivity index (χ2n) is 2.90. The van der Waals surface area contributed by atoms with Crippen LogP contribution in [0.4, 0.5) is 0 Å². The molecule has 2 nitrogen and oxygen atoms in total.